The van der Waals surface area contributed by atoms with Gasteiger partial charge in [0.15, 0.2) is 5.82 Å². The van der Waals surface area contributed by atoms with Crippen LogP contribution in [0.2, 0.25) is 0 Å². The molecule has 1 aromatic rings. The minimum atomic E-state index is 0.170. The van der Waals surface area contributed by atoms with Gasteiger partial charge in [0, 0.05) is 0 Å². The molecule has 52 valence electrons. The van der Waals surface area contributed by atoms with E-state index in [-0.39, 0.29) is 6.42 Å². The molecule has 10 heavy (non-hydrogen) atoms. The first-order valence-corrected chi connectivity index (χ1v) is 2.95. The zero-order valence-electron chi connectivity index (χ0n) is 5.03. The molecule has 0 radical (unpaired) electrons. The largest absolute Gasteiger partial charge is 0.335 e. The van der Waals surface area contributed by atoms with Crippen molar-refractivity contribution in [1.82, 2.24) is 14.9 Å². The first-order chi connectivity index (χ1) is 4.75. The Balaban J connectivity index is 3.08. The monoisotopic (exact) mass is 155 g/mol. The minimum Gasteiger partial charge on any atom is -0.335 e. The summed E-state index contributed by atoms with van der Waals surface area (Å²) in [5.74, 6) is 5.81. The van der Waals surface area contributed by atoms with Gasteiger partial charge in [0.2, 0.25) is 4.77 Å². The van der Waals surface area contributed by atoms with Gasteiger partial charge >= 0.3 is 0 Å². The van der Waals surface area contributed by atoms with E-state index in [1.54, 1.807) is 0 Å². The van der Waals surface area contributed by atoms with E-state index in [4.69, 9.17) is 23.3 Å². The van der Waals surface area contributed by atoms with Crippen LogP contribution in [0.25, 0.3) is 0 Å². The van der Waals surface area contributed by atoms with Crippen molar-refractivity contribution in [3.8, 4) is 6.07 Å². The van der Waals surface area contributed by atoms with Crippen molar-refractivity contribution < 1.29 is 0 Å². The van der Waals surface area contributed by atoms with Gasteiger partial charge in [-0.2, -0.15) is 10.4 Å². The Kier molecular flexibility index (Phi) is 1.69. The number of aromatic nitrogens is 3. The average Bonchev–Trinajstić information content (AvgIpc) is 2.20. The van der Waals surface area contributed by atoms with Gasteiger partial charge in [-0.05, 0) is 12.2 Å². The van der Waals surface area contributed by atoms with Crippen LogP contribution >= 0.6 is 12.2 Å². The average molecular weight is 155 g/mol. The van der Waals surface area contributed by atoms with Crippen molar-refractivity contribution in [3.05, 3.63) is 10.6 Å². The number of hydrogen-bond donors (Lipinski definition) is 2. The number of nitrogens with zero attached hydrogens (tertiary/aromatic N) is 3. The summed E-state index contributed by atoms with van der Waals surface area (Å²) >= 11 is 4.70. The normalized spacial score (nSPS) is 9.10. The number of nitriles is 1. The number of hydrogen-bond acceptors (Lipinski definition) is 4. The maximum Gasteiger partial charge on any atom is 0.214 e. The van der Waals surface area contributed by atoms with Crippen molar-refractivity contribution in [1.29, 1.82) is 5.26 Å². The number of nitrogens with one attached hydrogen (secondary N) is 1. The maximum absolute atomic E-state index is 8.25. The Morgan fingerprint density at radius 1 is 1.90 bits per heavy atom. The molecule has 3 N–H and O–H groups in total. The molecule has 0 unspecified atom stereocenters. The van der Waals surface area contributed by atoms with Gasteiger partial charge in [-0.25, -0.2) is 4.68 Å². The summed E-state index contributed by atoms with van der Waals surface area (Å²) in [5, 5.41) is 14.4. The second-order valence-corrected chi connectivity index (χ2v) is 2.04. The zero-order chi connectivity index (χ0) is 7.56. The zero-order valence-corrected chi connectivity index (χ0v) is 5.85. The molecular weight excluding hydrogens is 150 g/mol. The molecule has 0 atom stereocenters. The van der Waals surface area contributed by atoms with Crippen molar-refractivity contribution >= 4 is 12.2 Å². The first-order valence-electron chi connectivity index (χ1n) is 2.54. The standard InChI is InChI=1S/C4H5N5S/c5-2-1-3-7-8-4(10)9(3)6/h1,6H2,(H,8,10). The Morgan fingerprint density at radius 3 is 3.00 bits per heavy atom. The van der Waals surface area contributed by atoms with Crippen molar-refractivity contribution in [3.63, 3.8) is 0 Å². The molecule has 0 aliphatic heterocycles. The number of nitrogens with two attached hydrogens (primary N) is 1. The highest BCUT2D eigenvalue weighted by atomic mass is 32.1. The topological polar surface area (TPSA) is 83.4 Å². The number of nitrogen functional groups attached to an aromatic ring is 1. The Bertz CT molecular complexity index is 315. The molecule has 0 aliphatic carbocycles. The highest BCUT2D eigenvalue weighted by molar-refractivity contribution is 7.71. The fourth-order valence-corrected chi connectivity index (χ4v) is 0.684. The lowest BCUT2D eigenvalue weighted by atomic mass is 10.5. The molecule has 5 nitrogen and oxygen atoms in total. The lowest BCUT2D eigenvalue weighted by molar-refractivity contribution is 0.884. The number of rotatable bonds is 1. The van der Waals surface area contributed by atoms with Crippen LogP contribution in [0.4, 0.5) is 0 Å². The lowest BCUT2D eigenvalue weighted by Gasteiger charge is -1.90. The number of aromatic amines is 1. The third-order valence-electron chi connectivity index (χ3n) is 1.01. The second kappa shape index (κ2) is 2.49. The van der Waals surface area contributed by atoms with Gasteiger partial charge in [-0.3, -0.25) is 5.10 Å². The molecule has 1 heterocycles. The van der Waals surface area contributed by atoms with Crippen LogP contribution < -0.4 is 5.84 Å². The SMILES string of the molecule is N#CCc1n[nH]c(=S)n1N. The molecule has 0 aliphatic rings. The second-order valence-electron chi connectivity index (χ2n) is 1.65. The summed E-state index contributed by atoms with van der Waals surface area (Å²) in [5.41, 5.74) is 0. The van der Waals surface area contributed by atoms with E-state index < -0.39 is 0 Å². The smallest absolute Gasteiger partial charge is 0.214 e. The third kappa shape index (κ3) is 0.989. The van der Waals surface area contributed by atoms with Gasteiger partial charge in [-0.15, -0.1) is 0 Å². The molecule has 0 fully saturated rings. The summed E-state index contributed by atoms with van der Waals surface area (Å²) in [6.07, 6.45) is 0.170. The van der Waals surface area contributed by atoms with Crippen LogP contribution in [0.3, 0.4) is 0 Å². The molecule has 6 heteroatoms. The molecule has 0 aromatic carbocycles. The van der Waals surface area contributed by atoms with Gasteiger partial charge in [0.25, 0.3) is 0 Å². The Morgan fingerprint density at radius 2 is 2.60 bits per heavy atom. The van der Waals surface area contributed by atoms with Gasteiger partial charge < -0.3 is 5.84 Å². The fourth-order valence-electron chi connectivity index (χ4n) is 0.533. The number of H-pyrrole nitrogens is 1. The summed E-state index contributed by atoms with van der Waals surface area (Å²) in [6, 6.07) is 1.91. The van der Waals surface area contributed by atoms with Gasteiger partial charge in [0.05, 0.1) is 12.5 Å². The molecule has 1 aromatic heterocycles. The van der Waals surface area contributed by atoms with Gasteiger partial charge in [-0.1, -0.05) is 0 Å². The van der Waals surface area contributed by atoms with E-state index in [2.05, 4.69) is 10.2 Å². The van der Waals surface area contributed by atoms with E-state index in [0.717, 1.165) is 0 Å². The van der Waals surface area contributed by atoms with Crippen LogP contribution in [-0.2, 0) is 6.42 Å². The molecule has 0 amide bonds. The van der Waals surface area contributed by atoms with Crippen molar-refractivity contribution in [2.24, 2.45) is 0 Å². The van der Waals surface area contributed by atoms with Crippen molar-refractivity contribution in [2.75, 3.05) is 5.84 Å². The van der Waals surface area contributed by atoms with E-state index in [1.807, 2.05) is 6.07 Å². The van der Waals surface area contributed by atoms with Crippen LogP contribution in [-0.4, -0.2) is 14.9 Å². The highest BCUT2D eigenvalue weighted by Gasteiger charge is 1.99. The minimum absolute atomic E-state index is 0.170. The summed E-state index contributed by atoms with van der Waals surface area (Å²) in [7, 11) is 0. The molecule has 0 saturated heterocycles. The van der Waals surface area contributed by atoms with Crippen LogP contribution in [0.5, 0.6) is 0 Å². The molecule has 1 rings (SSSR count). The first kappa shape index (κ1) is 6.77. The van der Waals surface area contributed by atoms with Crippen LogP contribution in [0, 0.1) is 16.1 Å². The quantitative estimate of drug-likeness (QED) is 0.431. The van der Waals surface area contributed by atoms with E-state index in [0.29, 0.717) is 10.6 Å². The molecule has 0 spiro atoms. The maximum atomic E-state index is 8.25. The van der Waals surface area contributed by atoms with E-state index in [9.17, 15) is 0 Å². The summed E-state index contributed by atoms with van der Waals surface area (Å²) < 4.78 is 1.50. The van der Waals surface area contributed by atoms with Crippen LogP contribution in [0.15, 0.2) is 0 Å². The Labute approximate surface area is 62.0 Å². The lowest BCUT2D eigenvalue weighted by Crippen LogP contribution is -2.12. The summed E-state index contributed by atoms with van der Waals surface area (Å²) in [6.45, 7) is 0. The Hall–Kier alpha value is -1.35. The third-order valence-corrected chi connectivity index (χ3v) is 1.30. The summed E-state index contributed by atoms with van der Waals surface area (Å²) in [4.78, 5) is 0. The van der Waals surface area contributed by atoms with E-state index >= 15 is 0 Å². The van der Waals surface area contributed by atoms with Crippen molar-refractivity contribution in [2.45, 2.75) is 6.42 Å². The predicted octanol–water partition coefficient (Wildman–Crippen LogP) is -0.279. The van der Waals surface area contributed by atoms with E-state index in [1.165, 1.54) is 4.68 Å². The fraction of sp³-hybridized carbons (Fsp3) is 0.250. The van der Waals surface area contributed by atoms with Gasteiger partial charge in [0.1, 0.15) is 0 Å². The molecular formula is C4H5N5S. The van der Waals surface area contributed by atoms with Crippen LogP contribution in [0.1, 0.15) is 5.82 Å². The molecule has 0 saturated carbocycles. The predicted molar refractivity (Wildman–Crippen MR) is 36.9 cm³/mol. The molecule has 0 bridgehead atoms. The highest BCUT2D eigenvalue weighted by Crippen LogP contribution is 1.90.